The minimum Gasteiger partial charge on any atom is -0.278 e. The third-order valence-corrected chi connectivity index (χ3v) is 4.85. The van der Waals surface area contributed by atoms with Gasteiger partial charge in [-0.2, -0.15) is 0 Å². The number of hydrogen-bond acceptors (Lipinski definition) is 5. The summed E-state index contributed by atoms with van der Waals surface area (Å²) >= 11 is 1.40. The highest BCUT2D eigenvalue weighted by atomic mass is 32.2. The van der Waals surface area contributed by atoms with Crippen molar-refractivity contribution in [2.24, 2.45) is 0 Å². The number of nitrogens with zero attached hydrogens (tertiary/aromatic N) is 1. The number of anilines is 1. The molecule has 0 aliphatic heterocycles. The molecular formula is C13H12N2O4S2. The lowest BCUT2D eigenvalue weighted by Gasteiger charge is -2.11. The van der Waals surface area contributed by atoms with Crippen molar-refractivity contribution < 1.29 is 13.3 Å². The summed E-state index contributed by atoms with van der Waals surface area (Å²) in [4.78, 5) is 10.7. The summed E-state index contributed by atoms with van der Waals surface area (Å²) in [6, 6.07) is 11.9. The van der Waals surface area contributed by atoms with E-state index in [0.717, 1.165) is 11.0 Å². The van der Waals surface area contributed by atoms with Crippen molar-refractivity contribution in [3.8, 4) is 0 Å². The van der Waals surface area contributed by atoms with Gasteiger partial charge in [-0.15, -0.1) is 11.8 Å². The van der Waals surface area contributed by atoms with Crippen LogP contribution in [0.15, 0.2) is 58.3 Å². The van der Waals surface area contributed by atoms with Gasteiger partial charge in [-0.1, -0.05) is 18.2 Å². The van der Waals surface area contributed by atoms with E-state index in [-0.39, 0.29) is 10.6 Å². The lowest BCUT2D eigenvalue weighted by molar-refractivity contribution is -0.385. The van der Waals surface area contributed by atoms with Gasteiger partial charge in [0.15, 0.2) is 0 Å². The first-order valence-electron chi connectivity index (χ1n) is 5.84. The van der Waals surface area contributed by atoms with Crippen LogP contribution >= 0.6 is 11.8 Å². The highest BCUT2D eigenvalue weighted by Gasteiger charge is 2.18. The van der Waals surface area contributed by atoms with E-state index in [1.807, 2.05) is 6.26 Å². The predicted octanol–water partition coefficient (Wildman–Crippen LogP) is 3.12. The minimum absolute atomic E-state index is 0.146. The summed E-state index contributed by atoms with van der Waals surface area (Å²) in [5.41, 5.74) is 0.174. The summed E-state index contributed by atoms with van der Waals surface area (Å²) in [5.74, 6) is 0. The van der Waals surface area contributed by atoms with Crippen LogP contribution in [0.2, 0.25) is 0 Å². The van der Waals surface area contributed by atoms with Gasteiger partial charge in [0.05, 0.1) is 15.5 Å². The van der Waals surface area contributed by atoms with Crippen LogP contribution in [0.4, 0.5) is 11.4 Å². The monoisotopic (exact) mass is 324 g/mol. The number of hydrogen-bond donors (Lipinski definition) is 1. The van der Waals surface area contributed by atoms with Crippen LogP contribution in [-0.2, 0) is 10.0 Å². The number of thioether (sulfide) groups is 1. The molecule has 0 unspecified atom stereocenters. The van der Waals surface area contributed by atoms with Gasteiger partial charge in [-0.3, -0.25) is 14.8 Å². The Bertz CT molecular complexity index is 775. The van der Waals surface area contributed by atoms with E-state index < -0.39 is 14.9 Å². The lowest BCUT2D eigenvalue weighted by Crippen LogP contribution is -2.13. The molecule has 0 radical (unpaired) electrons. The SMILES string of the molecule is CSc1ccccc1NS(=O)(=O)c1cccc([N+](=O)[O-])c1. The molecule has 6 nitrogen and oxygen atoms in total. The summed E-state index contributed by atoms with van der Waals surface area (Å²) in [5, 5.41) is 10.7. The molecule has 0 amide bonds. The van der Waals surface area contributed by atoms with Crippen molar-refractivity contribution >= 4 is 33.2 Å². The average molecular weight is 324 g/mol. The highest BCUT2D eigenvalue weighted by molar-refractivity contribution is 7.99. The van der Waals surface area contributed by atoms with E-state index in [9.17, 15) is 18.5 Å². The van der Waals surface area contributed by atoms with Gasteiger partial charge in [0.1, 0.15) is 0 Å². The molecule has 0 aromatic heterocycles. The van der Waals surface area contributed by atoms with Crippen LogP contribution in [0.5, 0.6) is 0 Å². The third kappa shape index (κ3) is 3.53. The summed E-state index contributed by atoms with van der Waals surface area (Å²) in [7, 11) is -3.87. The maximum absolute atomic E-state index is 12.3. The molecule has 2 aromatic carbocycles. The van der Waals surface area contributed by atoms with Crippen LogP contribution < -0.4 is 4.72 Å². The second-order valence-electron chi connectivity index (χ2n) is 4.06. The van der Waals surface area contributed by atoms with Crippen molar-refractivity contribution in [3.63, 3.8) is 0 Å². The number of non-ortho nitro benzene ring substituents is 1. The van der Waals surface area contributed by atoms with Crippen molar-refractivity contribution in [1.29, 1.82) is 0 Å². The first-order chi connectivity index (χ1) is 9.94. The number of para-hydroxylation sites is 1. The van der Waals surface area contributed by atoms with Crippen LogP contribution in [0.25, 0.3) is 0 Å². The molecule has 0 heterocycles. The number of sulfonamides is 1. The maximum atomic E-state index is 12.3. The summed E-state index contributed by atoms with van der Waals surface area (Å²) in [6.45, 7) is 0. The Morgan fingerprint density at radius 2 is 1.86 bits per heavy atom. The Morgan fingerprint density at radius 1 is 1.14 bits per heavy atom. The van der Waals surface area contributed by atoms with E-state index >= 15 is 0 Å². The molecular weight excluding hydrogens is 312 g/mol. The first-order valence-corrected chi connectivity index (χ1v) is 8.55. The van der Waals surface area contributed by atoms with E-state index in [1.165, 1.54) is 30.0 Å². The largest absolute Gasteiger partial charge is 0.278 e. The molecule has 21 heavy (non-hydrogen) atoms. The predicted molar refractivity (Wildman–Crippen MR) is 82.1 cm³/mol. The minimum atomic E-state index is -3.87. The number of rotatable bonds is 5. The van der Waals surface area contributed by atoms with Gasteiger partial charge in [0.25, 0.3) is 15.7 Å². The second-order valence-corrected chi connectivity index (χ2v) is 6.59. The van der Waals surface area contributed by atoms with E-state index in [1.54, 1.807) is 24.3 Å². The Labute approximate surface area is 126 Å². The summed E-state index contributed by atoms with van der Waals surface area (Å²) < 4.78 is 27.1. The van der Waals surface area contributed by atoms with Gasteiger partial charge in [-0.05, 0) is 24.5 Å². The first kappa shape index (κ1) is 15.3. The normalized spacial score (nSPS) is 11.1. The fourth-order valence-electron chi connectivity index (χ4n) is 1.70. The summed E-state index contributed by atoms with van der Waals surface area (Å²) in [6.07, 6.45) is 1.83. The molecule has 0 spiro atoms. The van der Waals surface area contributed by atoms with Gasteiger partial charge in [-0.25, -0.2) is 8.42 Å². The molecule has 8 heteroatoms. The topological polar surface area (TPSA) is 89.3 Å². The zero-order valence-electron chi connectivity index (χ0n) is 11.0. The standard InChI is InChI=1S/C13H12N2O4S2/c1-20-13-8-3-2-7-12(13)14-21(18,19)11-6-4-5-10(9-11)15(16)17/h2-9,14H,1H3. The zero-order valence-corrected chi connectivity index (χ0v) is 12.6. The van der Waals surface area contributed by atoms with Crippen LogP contribution in [0, 0.1) is 10.1 Å². The quantitative estimate of drug-likeness (QED) is 0.518. The van der Waals surface area contributed by atoms with Crippen molar-refractivity contribution in [2.45, 2.75) is 9.79 Å². The van der Waals surface area contributed by atoms with Crippen molar-refractivity contribution in [1.82, 2.24) is 0 Å². The molecule has 0 saturated heterocycles. The van der Waals surface area contributed by atoms with Gasteiger partial charge < -0.3 is 0 Å². The van der Waals surface area contributed by atoms with Crippen LogP contribution in [0.3, 0.4) is 0 Å². The second kappa shape index (κ2) is 6.15. The maximum Gasteiger partial charge on any atom is 0.270 e. The number of benzene rings is 2. The molecule has 0 fully saturated rings. The molecule has 110 valence electrons. The Balaban J connectivity index is 2.39. The van der Waals surface area contributed by atoms with Crippen molar-refractivity contribution in [3.05, 3.63) is 58.6 Å². The number of nitro groups is 1. The Kier molecular flexibility index (Phi) is 4.49. The molecule has 0 bridgehead atoms. The van der Waals surface area contributed by atoms with E-state index in [2.05, 4.69) is 4.72 Å². The van der Waals surface area contributed by atoms with E-state index in [0.29, 0.717) is 5.69 Å². The fraction of sp³-hybridized carbons (Fsp3) is 0.0769. The molecule has 2 rings (SSSR count). The van der Waals surface area contributed by atoms with Gasteiger partial charge in [0, 0.05) is 17.0 Å². The number of nitro benzene ring substituents is 1. The smallest absolute Gasteiger partial charge is 0.270 e. The number of nitrogens with one attached hydrogen (secondary N) is 1. The third-order valence-electron chi connectivity index (χ3n) is 2.69. The average Bonchev–Trinajstić information content (AvgIpc) is 2.47. The van der Waals surface area contributed by atoms with E-state index in [4.69, 9.17) is 0 Å². The molecule has 2 aromatic rings. The van der Waals surface area contributed by atoms with Crippen LogP contribution in [0.1, 0.15) is 0 Å². The van der Waals surface area contributed by atoms with Crippen molar-refractivity contribution in [2.75, 3.05) is 11.0 Å². The molecule has 0 aliphatic rings. The lowest BCUT2D eigenvalue weighted by atomic mass is 10.3. The van der Waals surface area contributed by atoms with Crippen LogP contribution in [-0.4, -0.2) is 19.6 Å². The molecule has 1 N–H and O–H groups in total. The molecule has 0 aliphatic carbocycles. The highest BCUT2D eigenvalue weighted by Crippen LogP contribution is 2.27. The molecule has 0 saturated carbocycles. The molecule has 0 atom stereocenters. The van der Waals surface area contributed by atoms with Gasteiger partial charge in [0.2, 0.25) is 0 Å². The Hall–Kier alpha value is -2.06. The fourth-order valence-corrected chi connectivity index (χ4v) is 3.43. The van der Waals surface area contributed by atoms with Gasteiger partial charge >= 0.3 is 0 Å². The zero-order chi connectivity index (χ0) is 15.5. The Morgan fingerprint density at radius 3 is 2.52 bits per heavy atom.